The summed E-state index contributed by atoms with van der Waals surface area (Å²) in [5.74, 6) is -27.6. The summed E-state index contributed by atoms with van der Waals surface area (Å²) >= 11 is 0. The molecule has 722 valence electrons. The zero-order valence-electron chi connectivity index (χ0n) is 72.8. The van der Waals surface area contributed by atoms with Crippen molar-refractivity contribution in [1.82, 2.24) is 26.6 Å². The van der Waals surface area contributed by atoms with Gasteiger partial charge in [0.25, 0.3) is 0 Å². The third kappa shape index (κ3) is 41.0. The van der Waals surface area contributed by atoms with Crippen LogP contribution in [-0.2, 0) is 181 Å². The number of carbonyl (C=O) groups excluding carboxylic acids is 17. The van der Waals surface area contributed by atoms with E-state index in [0.29, 0.717) is 0 Å². The monoisotopic (exact) mass is 1850 g/mol. The van der Waals surface area contributed by atoms with Gasteiger partial charge in [0.15, 0.2) is 67.1 Å². The molecule has 128 heavy (non-hydrogen) atoms. The minimum absolute atomic E-state index is 0.0590. The fraction of sp³-hybridized carbons (Fsp3) is 0.709. The molecule has 0 spiro atoms. The number of benzene rings is 1. The molecule has 4 rings (SSSR count). The fourth-order valence-corrected chi connectivity index (χ4v) is 12.9. The van der Waals surface area contributed by atoms with Crippen LogP contribution in [-0.4, -0.2) is 324 Å². The van der Waals surface area contributed by atoms with Gasteiger partial charge < -0.3 is 131 Å². The number of Topliss-reactive ketones (excluding diaryl/α,β-unsaturated/α-hetero) is 2. The van der Waals surface area contributed by atoms with Crippen LogP contribution < -0.4 is 31.3 Å². The Balaban J connectivity index is 1.50. The summed E-state index contributed by atoms with van der Waals surface area (Å²) in [6.45, 7) is 7.97. The standard InChI is InChI=1S/C79H112F5N5O39/c1-41(90)86-66-73(122-50(10)99)69(119-47(7)96)55(38-116-44(4)93)125-76(66)113-33-30-108-25-24-107-23-22-85-58(104)18-21-79(89-59(105)14-13-15-60(106)128-72-64(83)62(81)61(80)63(82)65(72)84,19-16-53(102)36-111-28-26-109-31-34-114-77-67(87-42(2)91)74(123-51(11)100)70(120-48(8)97)56(126-77)39-117-45(5)94)20-17-54(103)37-112-29-27-110-32-35-115-78-68(88-43(3)92)75(124-52(12)101)71(121-49(9)98)57(127-78)40-118-46(6)95/h55-57,66-71,73-78H,13-40H2,1-12H3,(H,85,104)(H,86,90)(H,87,91)(H,88,92)(H,89,105). The number of amides is 5. The number of halogens is 5. The molecule has 3 heterocycles. The molecule has 0 aliphatic carbocycles. The van der Waals surface area contributed by atoms with E-state index < -0.39 is 305 Å². The Bertz CT molecular complexity index is 3750. The van der Waals surface area contributed by atoms with Crippen LogP contribution in [0.2, 0.25) is 0 Å². The first kappa shape index (κ1) is 110. The van der Waals surface area contributed by atoms with Gasteiger partial charge in [-0.05, 0) is 25.7 Å². The first-order valence-electron chi connectivity index (χ1n) is 40.4. The van der Waals surface area contributed by atoms with Crippen molar-refractivity contribution in [2.45, 2.75) is 238 Å². The summed E-state index contributed by atoms with van der Waals surface area (Å²) < 4.78 is 193. The lowest BCUT2D eigenvalue weighted by Gasteiger charge is -2.44. The lowest BCUT2D eigenvalue weighted by Crippen LogP contribution is -2.66. The maximum Gasteiger partial charge on any atom is 0.311 e. The maximum atomic E-state index is 14.5. The number of rotatable bonds is 58. The smallest absolute Gasteiger partial charge is 0.311 e. The van der Waals surface area contributed by atoms with Gasteiger partial charge >= 0.3 is 59.7 Å². The number of ketones is 2. The summed E-state index contributed by atoms with van der Waals surface area (Å²) in [5, 5.41) is 13.1. The topological polar surface area (TPSA) is 553 Å². The molecule has 0 radical (unpaired) electrons. The van der Waals surface area contributed by atoms with E-state index >= 15 is 0 Å². The van der Waals surface area contributed by atoms with Crippen LogP contribution >= 0.6 is 0 Å². The van der Waals surface area contributed by atoms with E-state index in [9.17, 15) is 103 Å². The second kappa shape index (κ2) is 57.7. The number of hydrogen-bond donors (Lipinski definition) is 5. The quantitative estimate of drug-likeness (QED) is 0.0109. The van der Waals surface area contributed by atoms with Crippen LogP contribution in [0.4, 0.5) is 22.0 Å². The van der Waals surface area contributed by atoms with E-state index in [1.807, 2.05) is 0 Å². The van der Waals surface area contributed by atoms with Crippen molar-refractivity contribution in [3.05, 3.63) is 29.1 Å². The highest BCUT2D eigenvalue weighted by Crippen LogP contribution is 2.34. The Hall–Kier alpha value is -10.2. The molecule has 0 saturated carbocycles. The molecule has 3 saturated heterocycles. The molecule has 0 bridgehead atoms. The minimum atomic E-state index is -2.53. The van der Waals surface area contributed by atoms with Crippen molar-refractivity contribution in [3.8, 4) is 5.75 Å². The van der Waals surface area contributed by atoms with E-state index in [1.54, 1.807) is 0 Å². The molecular weight excluding hydrogens is 1740 g/mol. The second-order valence-electron chi connectivity index (χ2n) is 28.8. The van der Waals surface area contributed by atoms with Gasteiger partial charge in [0.1, 0.15) is 69.5 Å². The molecule has 1 aromatic carbocycles. The van der Waals surface area contributed by atoms with E-state index in [0.717, 1.165) is 83.1 Å². The average molecular weight is 1850 g/mol. The highest BCUT2D eigenvalue weighted by molar-refractivity contribution is 5.83. The maximum absolute atomic E-state index is 14.5. The number of hydrogen-bond acceptors (Lipinski definition) is 39. The Labute approximate surface area is 731 Å². The summed E-state index contributed by atoms with van der Waals surface area (Å²) in [6, 6.07) is -3.84. The molecule has 49 heteroatoms. The number of carbonyl (C=O) groups is 17. The zero-order chi connectivity index (χ0) is 95.3. The summed E-state index contributed by atoms with van der Waals surface area (Å²) in [4.78, 5) is 214. The fourth-order valence-electron chi connectivity index (χ4n) is 12.9. The van der Waals surface area contributed by atoms with Crippen LogP contribution in [0.15, 0.2) is 0 Å². The lowest BCUT2D eigenvalue weighted by molar-refractivity contribution is -0.279. The molecule has 1 aromatic rings. The normalized spacial score (nSPS) is 22.3. The van der Waals surface area contributed by atoms with Gasteiger partial charge in [-0.2, -0.15) is 8.78 Å². The second-order valence-corrected chi connectivity index (χ2v) is 28.8. The third-order valence-electron chi connectivity index (χ3n) is 18.1. The minimum Gasteiger partial charge on any atom is -0.463 e. The van der Waals surface area contributed by atoms with Gasteiger partial charge in [-0.3, -0.25) is 81.5 Å². The molecule has 5 N–H and O–H groups in total. The predicted octanol–water partition coefficient (Wildman–Crippen LogP) is 0.0255. The van der Waals surface area contributed by atoms with Crippen molar-refractivity contribution < 1.29 is 208 Å². The molecule has 15 unspecified atom stereocenters. The van der Waals surface area contributed by atoms with Crippen LogP contribution in [0, 0.1) is 29.1 Å². The molecule has 3 aliphatic heterocycles. The predicted molar refractivity (Wildman–Crippen MR) is 412 cm³/mol. The first-order chi connectivity index (χ1) is 60.5. The van der Waals surface area contributed by atoms with E-state index in [4.69, 9.17) is 99.5 Å². The van der Waals surface area contributed by atoms with E-state index in [1.165, 1.54) is 0 Å². The molecule has 5 amide bonds. The van der Waals surface area contributed by atoms with Crippen LogP contribution in [0.1, 0.15) is 141 Å². The lowest BCUT2D eigenvalue weighted by atomic mass is 9.82. The van der Waals surface area contributed by atoms with Crippen molar-refractivity contribution in [3.63, 3.8) is 0 Å². The van der Waals surface area contributed by atoms with E-state index in [-0.39, 0.29) is 112 Å². The number of nitrogens with one attached hydrogen (secondary N) is 5. The highest BCUT2D eigenvalue weighted by Gasteiger charge is 2.55. The summed E-state index contributed by atoms with van der Waals surface area (Å²) in [7, 11) is 0. The SMILES string of the molecule is CC(=O)NC1C(OCCOCCOCCNC(=O)CCC(CCC(=O)COCCOCCOC2OC(COC(C)=O)C(OC(C)=O)C(OC(C)=O)C2NC(C)=O)(CCC(=O)COCCOCCOC2OC(COC(C)=O)C(OC(C)=O)C(OC(C)=O)C2NC(C)=O)NC(=O)CCCC(=O)Oc2c(F)c(F)c(F)c(F)c2F)OC(COC(C)=O)C(OC(C)=O)C1OC(C)=O. The van der Waals surface area contributed by atoms with Gasteiger partial charge in [0.05, 0.1) is 85.9 Å². The van der Waals surface area contributed by atoms with Gasteiger partial charge in [-0.25, -0.2) is 13.2 Å². The molecule has 15 atom stereocenters. The third-order valence-corrected chi connectivity index (χ3v) is 18.1. The Kier molecular flexibility index (Phi) is 49.6. The Morgan fingerprint density at radius 1 is 0.328 bits per heavy atom. The van der Waals surface area contributed by atoms with Crippen LogP contribution in [0.5, 0.6) is 5.75 Å². The zero-order valence-corrected chi connectivity index (χ0v) is 72.8. The molecule has 3 aliphatic rings. The van der Waals surface area contributed by atoms with Gasteiger partial charge in [-0.15, -0.1) is 0 Å². The van der Waals surface area contributed by atoms with Gasteiger partial charge in [-0.1, -0.05) is 0 Å². The van der Waals surface area contributed by atoms with Crippen molar-refractivity contribution in [1.29, 1.82) is 0 Å². The molecule has 0 aromatic heterocycles. The molecule has 44 nitrogen and oxygen atoms in total. The van der Waals surface area contributed by atoms with Crippen molar-refractivity contribution >= 4 is 101 Å². The van der Waals surface area contributed by atoms with Gasteiger partial charge in [0, 0.05) is 127 Å². The first-order valence-corrected chi connectivity index (χ1v) is 40.4. The number of esters is 10. The molecular formula is C79H112F5N5O39. The van der Waals surface area contributed by atoms with Crippen molar-refractivity contribution in [2.24, 2.45) is 0 Å². The number of ether oxygens (including phenoxy) is 22. The largest absolute Gasteiger partial charge is 0.463 e. The Morgan fingerprint density at radius 3 is 0.945 bits per heavy atom. The van der Waals surface area contributed by atoms with Crippen LogP contribution in [0.25, 0.3) is 0 Å². The van der Waals surface area contributed by atoms with Crippen molar-refractivity contribution in [2.75, 3.05) is 125 Å². The highest BCUT2D eigenvalue weighted by atomic mass is 19.2. The Morgan fingerprint density at radius 2 is 0.625 bits per heavy atom. The van der Waals surface area contributed by atoms with E-state index in [2.05, 4.69) is 31.3 Å². The van der Waals surface area contributed by atoms with Gasteiger partial charge in [0.2, 0.25) is 64.4 Å². The summed E-state index contributed by atoms with van der Waals surface area (Å²) in [6.07, 6.45) is -20.7. The average Bonchev–Trinajstić information content (AvgIpc) is 0.793. The summed E-state index contributed by atoms with van der Waals surface area (Å²) in [5.41, 5.74) is -1.70. The molecule has 3 fully saturated rings. The van der Waals surface area contributed by atoms with Crippen LogP contribution in [0.3, 0.4) is 0 Å².